The molecule has 0 amide bonds. The molecule has 2 aromatic rings. The fraction of sp³-hybridized carbons (Fsp3) is 0. The molecule has 5 heteroatoms. The second kappa shape index (κ2) is 4.75. The molecule has 4 nitrogen and oxygen atoms in total. The molecular weight excluding hydrogens is 248 g/mol. The fourth-order valence-electron chi connectivity index (χ4n) is 1.60. The Kier molecular flexibility index (Phi) is 3.14. The monoisotopic (exact) mass is 254 g/mol. The summed E-state index contributed by atoms with van der Waals surface area (Å²) in [6.45, 7) is 0. The van der Waals surface area contributed by atoms with Crippen LogP contribution in [-0.2, 0) is 0 Å². The van der Waals surface area contributed by atoms with Gasteiger partial charge in [0, 0.05) is 5.56 Å². The van der Waals surface area contributed by atoms with Crippen LogP contribution < -0.4 is 5.73 Å². The van der Waals surface area contributed by atoms with Crippen molar-refractivity contribution in [1.29, 1.82) is 10.5 Å². The van der Waals surface area contributed by atoms with Gasteiger partial charge in [0.15, 0.2) is 0 Å². The number of anilines is 1. The predicted molar refractivity (Wildman–Crippen MR) is 68.5 cm³/mol. The molecular formula is C13H7ClN4. The summed E-state index contributed by atoms with van der Waals surface area (Å²) >= 11 is 5.89. The van der Waals surface area contributed by atoms with E-state index in [0.717, 1.165) is 5.56 Å². The van der Waals surface area contributed by atoms with Crippen LogP contribution in [0.3, 0.4) is 0 Å². The fourth-order valence-corrected chi connectivity index (χ4v) is 1.83. The van der Waals surface area contributed by atoms with Crippen molar-refractivity contribution in [3.05, 3.63) is 46.6 Å². The van der Waals surface area contributed by atoms with Gasteiger partial charge in [-0.2, -0.15) is 10.5 Å². The lowest BCUT2D eigenvalue weighted by Crippen LogP contribution is -2.01. The van der Waals surface area contributed by atoms with Gasteiger partial charge in [0.25, 0.3) is 0 Å². The number of rotatable bonds is 1. The van der Waals surface area contributed by atoms with Crippen LogP contribution in [0.1, 0.15) is 11.1 Å². The smallest absolute Gasteiger partial charge is 0.149 e. The highest BCUT2D eigenvalue weighted by atomic mass is 35.5. The molecule has 0 saturated heterocycles. The quantitative estimate of drug-likeness (QED) is 0.793. The third kappa shape index (κ3) is 1.86. The van der Waals surface area contributed by atoms with Gasteiger partial charge in [0.05, 0.1) is 11.4 Å². The van der Waals surface area contributed by atoms with Gasteiger partial charge in [-0.3, -0.25) is 0 Å². The minimum Gasteiger partial charge on any atom is -0.396 e. The molecule has 18 heavy (non-hydrogen) atoms. The van der Waals surface area contributed by atoms with E-state index in [2.05, 4.69) is 4.98 Å². The summed E-state index contributed by atoms with van der Waals surface area (Å²) in [5.41, 5.74) is 7.16. The van der Waals surface area contributed by atoms with Gasteiger partial charge in [-0.25, -0.2) is 4.98 Å². The standard InChI is InChI=1S/C13H7ClN4/c14-13-10(7-16)11(17)9(6-15)12(18-13)8-4-2-1-3-5-8/h1-5H,(H2,17,18). The number of nitrogens with zero attached hydrogens (tertiary/aromatic N) is 3. The molecule has 0 unspecified atom stereocenters. The van der Waals surface area contributed by atoms with Gasteiger partial charge in [-0.05, 0) is 0 Å². The molecule has 0 fully saturated rings. The van der Waals surface area contributed by atoms with Gasteiger partial charge < -0.3 is 5.73 Å². The lowest BCUT2D eigenvalue weighted by molar-refractivity contribution is 1.28. The van der Waals surface area contributed by atoms with Crippen molar-refractivity contribution in [3.63, 3.8) is 0 Å². The molecule has 0 aliphatic heterocycles. The number of nitrogens with two attached hydrogens (primary N) is 1. The Morgan fingerprint density at radius 1 is 1.06 bits per heavy atom. The largest absolute Gasteiger partial charge is 0.396 e. The van der Waals surface area contributed by atoms with Gasteiger partial charge in [-0.1, -0.05) is 41.9 Å². The topological polar surface area (TPSA) is 86.5 Å². The second-order valence-electron chi connectivity index (χ2n) is 3.50. The van der Waals surface area contributed by atoms with Gasteiger partial charge in [-0.15, -0.1) is 0 Å². The third-order valence-corrected chi connectivity index (χ3v) is 2.74. The first-order valence-corrected chi connectivity index (χ1v) is 5.41. The normalized spacial score (nSPS) is 9.50. The van der Waals surface area contributed by atoms with Crippen molar-refractivity contribution in [1.82, 2.24) is 4.98 Å². The molecule has 1 aromatic heterocycles. The minimum atomic E-state index is 0.00727. The molecule has 1 heterocycles. The number of halogens is 1. The minimum absolute atomic E-state index is 0.00727. The van der Waals surface area contributed by atoms with E-state index < -0.39 is 0 Å². The van der Waals surface area contributed by atoms with E-state index in [1.807, 2.05) is 30.3 Å². The van der Waals surface area contributed by atoms with E-state index in [-0.39, 0.29) is 22.0 Å². The highest BCUT2D eigenvalue weighted by Crippen LogP contribution is 2.31. The Bertz CT molecular complexity index is 681. The first-order chi connectivity index (χ1) is 8.69. The average Bonchev–Trinajstić information content (AvgIpc) is 2.39. The number of hydrogen-bond acceptors (Lipinski definition) is 4. The van der Waals surface area contributed by atoms with Crippen LogP contribution in [-0.4, -0.2) is 4.98 Å². The number of pyridine rings is 1. The Labute approximate surface area is 109 Å². The van der Waals surface area contributed by atoms with Crippen molar-refractivity contribution < 1.29 is 0 Å². The SMILES string of the molecule is N#Cc1c(Cl)nc(-c2ccccc2)c(C#N)c1N. The van der Waals surface area contributed by atoms with E-state index in [4.69, 9.17) is 27.9 Å². The Morgan fingerprint density at radius 3 is 2.22 bits per heavy atom. The van der Waals surface area contributed by atoms with Crippen LogP contribution in [0, 0.1) is 22.7 Å². The zero-order valence-electron chi connectivity index (χ0n) is 9.18. The maximum atomic E-state index is 9.15. The summed E-state index contributed by atoms with van der Waals surface area (Å²) in [6, 6.07) is 12.9. The number of hydrogen-bond donors (Lipinski definition) is 1. The van der Waals surface area contributed by atoms with Crippen LogP contribution >= 0.6 is 11.6 Å². The van der Waals surface area contributed by atoms with Crippen LogP contribution in [0.5, 0.6) is 0 Å². The molecule has 0 bridgehead atoms. The molecule has 2 N–H and O–H groups in total. The lowest BCUT2D eigenvalue weighted by Gasteiger charge is -2.08. The second-order valence-corrected chi connectivity index (χ2v) is 3.86. The predicted octanol–water partition coefficient (Wildman–Crippen LogP) is 2.73. The number of nitriles is 2. The van der Waals surface area contributed by atoms with Crippen molar-refractivity contribution in [2.45, 2.75) is 0 Å². The highest BCUT2D eigenvalue weighted by Gasteiger charge is 2.17. The molecule has 0 atom stereocenters. The molecule has 2 rings (SSSR count). The van der Waals surface area contributed by atoms with E-state index in [0.29, 0.717) is 5.69 Å². The van der Waals surface area contributed by atoms with Crippen molar-refractivity contribution in [3.8, 4) is 23.4 Å². The van der Waals surface area contributed by atoms with Crippen molar-refractivity contribution in [2.24, 2.45) is 0 Å². The van der Waals surface area contributed by atoms with Crippen molar-refractivity contribution >= 4 is 17.3 Å². The van der Waals surface area contributed by atoms with Gasteiger partial charge in [0.1, 0.15) is 28.4 Å². The summed E-state index contributed by atoms with van der Waals surface area (Å²) in [4.78, 5) is 4.09. The maximum absolute atomic E-state index is 9.15. The number of benzene rings is 1. The molecule has 0 spiro atoms. The summed E-state index contributed by atoms with van der Waals surface area (Å²) < 4.78 is 0. The van der Waals surface area contributed by atoms with Crippen LogP contribution in [0.4, 0.5) is 5.69 Å². The molecule has 1 aromatic carbocycles. The summed E-state index contributed by atoms with van der Waals surface area (Å²) in [6.07, 6.45) is 0. The molecule has 0 aliphatic carbocycles. The van der Waals surface area contributed by atoms with Crippen LogP contribution in [0.2, 0.25) is 5.15 Å². The molecule has 86 valence electrons. The summed E-state index contributed by atoms with van der Waals surface area (Å²) in [5, 5.41) is 18.1. The van der Waals surface area contributed by atoms with E-state index in [9.17, 15) is 0 Å². The lowest BCUT2D eigenvalue weighted by atomic mass is 10.0. The Balaban J connectivity index is 2.79. The molecule has 0 saturated carbocycles. The first-order valence-electron chi connectivity index (χ1n) is 5.03. The molecule has 0 aliphatic rings. The third-order valence-electron chi connectivity index (χ3n) is 2.46. The van der Waals surface area contributed by atoms with Crippen LogP contribution in [0.25, 0.3) is 11.3 Å². The van der Waals surface area contributed by atoms with Crippen LogP contribution in [0.15, 0.2) is 30.3 Å². The van der Waals surface area contributed by atoms with E-state index in [1.54, 1.807) is 12.1 Å². The zero-order chi connectivity index (χ0) is 13.1. The first kappa shape index (κ1) is 11.9. The Hall–Kier alpha value is -2.56. The van der Waals surface area contributed by atoms with Gasteiger partial charge in [0.2, 0.25) is 0 Å². The summed E-state index contributed by atoms with van der Waals surface area (Å²) in [5.74, 6) is 0. The maximum Gasteiger partial charge on any atom is 0.149 e. The van der Waals surface area contributed by atoms with E-state index in [1.165, 1.54) is 0 Å². The zero-order valence-corrected chi connectivity index (χ0v) is 9.94. The molecule has 0 radical (unpaired) electrons. The van der Waals surface area contributed by atoms with Gasteiger partial charge >= 0.3 is 0 Å². The van der Waals surface area contributed by atoms with Crippen molar-refractivity contribution in [2.75, 3.05) is 5.73 Å². The van der Waals surface area contributed by atoms with E-state index >= 15 is 0 Å². The Morgan fingerprint density at radius 2 is 1.67 bits per heavy atom. The summed E-state index contributed by atoms with van der Waals surface area (Å²) in [7, 11) is 0. The number of aromatic nitrogens is 1. The average molecular weight is 255 g/mol. The highest BCUT2D eigenvalue weighted by molar-refractivity contribution is 6.31. The number of nitrogen functional groups attached to an aromatic ring is 1.